The lowest BCUT2D eigenvalue weighted by molar-refractivity contribution is -0.116. The molecule has 0 saturated heterocycles. The number of carbonyl (C=O) groups excluding carboxylic acids is 1. The SMILES string of the molecule is CC[C@H](C)n1c(=O)c2ccccc2n(CC(=O)Nc2ccc(F)cc2C)c1=O. The number of aromatic nitrogens is 2. The van der Waals surface area contributed by atoms with Crippen LogP contribution in [0.25, 0.3) is 10.9 Å². The number of amides is 1. The number of hydrogen-bond acceptors (Lipinski definition) is 3. The summed E-state index contributed by atoms with van der Waals surface area (Å²) in [6.07, 6.45) is 0.606. The molecule has 1 heterocycles. The van der Waals surface area contributed by atoms with Gasteiger partial charge in [0.2, 0.25) is 5.91 Å². The van der Waals surface area contributed by atoms with Crippen LogP contribution in [-0.2, 0) is 11.3 Å². The lowest BCUT2D eigenvalue weighted by atomic mass is 10.2. The van der Waals surface area contributed by atoms with Gasteiger partial charge in [0.25, 0.3) is 5.56 Å². The summed E-state index contributed by atoms with van der Waals surface area (Å²) in [6, 6.07) is 10.5. The van der Waals surface area contributed by atoms with E-state index in [-0.39, 0.29) is 18.1 Å². The quantitative estimate of drug-likeness (QED) is 0.735. The second-order valence-corrected chi connectivity index (χ2v) is 6.83. The van der Waals surface area contributed by atoms with Gasteiger partial charge in [-0.25, -0.2) is 9.18 Å². The van der Waals surface area contributed by atoms with Crippen LogP contribution in [-0.4, -0.2) is 15.0 Å². The van der Waals surface area contributed by atoms with Gasteiger partial charge in [-0.1, -0.05) is 19.1 Å². The Hall–Kier alpha value is -3.22. The van der Waals surface area contributed by atoms with Gasteiger partial charge in [-0.2, -0.15) is 0 Å². The zero-order valence-electron chi connectivity index (χ0n) is 16.0. The van der Waals surface area contributed by atoms with E-state index >= 15 is 0 Å². The van der Waals surface area contributed by atoms with Crippen LogP contribution in [0.4, 0.5) is 10.1 Å². The molecule has 1 atom stereocenters. The van der Waals surface area contributed by atoms with Gasteiger partial charge in [-0.3, -0.25) is 18.7 Å². The minimum atomic E-state index is -0.524. The number of fused-ring (bicyclic) bond motifs is 1. The second-order valence-electron chi connectivity index (χ2n) is 6.83. The van der Waals surface area contributed by atoms with Crippen LogP contribution in [0.2, 0.25) is 0 Å². The Morgan fingerprint density at radius 1 is 1.18 bits per heavy atom. The predicted octanol–water partition coefficient (Wildman–Crippen LogP) is 3.22. The number of carbonyl (C=O) groups is 1. The fourth-order valence-electron chi connectivity index (χ4n) is 3.16. The zero-order chi connectivity index (χ0) is 20.4. The Balaban J connectivity index is 2.06. The first-order valence-corrected chi connectivity index (χ1v) is 9.13. The third-order valence-electron chi connectivity index (χ3n) is 4.88. The van der Waals surface area contributed by atoms with Crippen molar-refractivity contribution in [2.24, 2.45) is 0 Å². The fraction of sp³-hybridized carbons (Fsp3) is 0.286. The summed E-state index contributed by atoms with van der Waals surface area (Å²) < 4.78 is 15.8. The number of aryl methyl sites for hydroxylation is 1. The molecule has 2 aromatic carbocycles. The van der Waals surface area contributed by atoms with E-state index in [2.05, 4.69) is 5.32 Å². The highest BCUT2D eigenvalue weighted by Crippen LogP contribution is 2.16. The molecule has 0 saturated carbocycles. The Kier molecular flexibility index (Phi) is 5.44. The molecule has 0 radical (unpaired) electrons. The first-order valence-electron chi connectivity index (χ1n) is 9.13. The van der Waals surface area contributed by atoms with Crippen LogP contribution >= 0.6 is 0 Å². The van der Waals surface area contributed by atoms with Crippen LogP contribution < -0.4 is 16.6 Å². The number of nitrogens with zero attached hydrogens (tertiary/aromatic N) is 2. The van der Waals surface area contributed by atoms with Gasteiger partial charge in [-0.05, 0) is 56.2 Å². The van der Waals surface area contributed by atoms with E-state index in [1.54, 1.807) is 38.1 Å². The molecule has 28 heavy (non-hydrogen) atoms. The molecule has 6 nitrogen and oxygen atoms in total. The van der Waals surface area contributed by atoms with Gasteiger partial charge >= 0.3 is 5.69 Å². The molecule has 0 fully saturated rings. The van der Waals surface area contributed by atoms with Crippen molar-refractivity contribution in [3.8, 4) is 0 Å². The highest BCUT2D eigenvalue weighted by molar-refractivity contribution is 5.92. The first kappa shape index (κ1) is 19.5. The summed E-state index contributed by atoms with van der Waals surface area (Å²) in [4.78, 5) is 38.4. The molecule has 1 aromatic heterocycles. The third kappa shape index (κ3) is 3.60. The van der Waals surface area contributed by atoms with E-state index in [9.17, 15) is 18.8 Å². The molecule has 0 aliphatic rings. The third-order valence-corrected chi connectivity index (χ3v) is 4.88. The van der Waals surface area contributed by atoms with Gasteiger partial charge < -0.3 is 5.32 Å². The topological polar surface area (TPSA) is 73.1 Å². The number of rotatable bonds is 5. The van der Waals surface area contributed by atoms with Crippen molar-refractivity contribution in [2.75, 3.05) is 5.32 Å². The minimum Gasteiger partial charge on any atom is -0.324 e. The maximum atomic E-state index is 13.3. The Bertz CT molecular complexity index is 1160. The molecule has 0 bridgehead atoms. The molecule has 0 aliphatic heterocycles. The zero-order valence-corrected chi connectivity index (χ0v) is 16.0. The maximum Gasteiger partial charge on any atom is 0.332 e. The van der Waals surface area contributed by atoms with Crippen LogP contribution in [0.5, 0.6) is 0 Å². The summed E-state index contributed by atoms with van der Waals surface area (Å²) in [5, 5.41) is 3.08. The molecule has 1 N–H and O–H groups in total. The first-order chi connectivity index (χ1) is 13.3. The fourth-order valence-corrected chi connectivity index (χ4v) is 3.16. The van der Waals surface area contributed by atoms with E-state index < -0.39 is 17.4 Å². The highest BCUT2D eigenvalue weighted by atomic mass is 19.1. The van der Waals surface area contributed by atoms with Crippen molar-refractivity contribution in [3.05, 3.63) is 74.7 Å². The van der Waals surface area contributed by atoms with Crippen molar-refractivity contribution >= 4 is 22.5 Å². The molecule has 7 heteroatoms. The predicted molar refractivity (Wildman–Crippen MR) is 107 cm³/mol. The van der Waals surface area contributed by atoms with E-state index in [1.807, 2.05) is 6.92 Å². The van der Waals surface area contributed by atoms with E-state index in [0.29, 0.717) is 28.6 Å². The van der Waals surface area contributed by atoms with E-state index in [0.717, 1.165) is 0 Å². The van der Waals surface area contributed by atoms with Crippen LogP contribution in [0, 0.1) is 12.7 Å². The largest absolute Gasteiger partial charge is 0.332 e. The summed E-state index contributed by atoms with van der Waals surface area (Å²) in [7, 11) is 0. The highest BCUT2D eigenvalue weighted by Gasteiger charge is 2.18. The molecular formula is C21H22FN3O3. The number of benzene rings is 2. The summed E-state index contributed by atoms with van der Waals surface area (Å²) in [5.74, 6) is -0.824. The number of halogens is 1. The smallest absolute Gasteiger partial charge is 0.324 e. The standard InChI is InChI=1S/C21H22FN3O3/c1-4-14(3)25-20(27)16-7-5-6-8-18(16)24(21(25)28)12-19(26)23-17-10-9-15(22)11-13(17)2/h5-11,14H,4,12H2,1-3H3,(H,23,26)/t14-/m0/s1. The molecule has 146 valence electrons. The summed E-state index contributed by atoms with van der Waals surface area (Å²) in [5.41, 5.74) is 0.571. The van der Waals surface area contributed by atoms with Crippen LogP contribution in [0.15, 0.2) is 52.1 Å². The van der Waals surface area contributed by atoms with Crippen molar-refractivity contribution in [3.63, 3.8) is 0 Å². The number of nitrogens with one attached hydrogen (secondary N) is 1. The summed E-state index contributed by atoms with van der Waals surface area (Å²) >= 11 is 0. The van der Waals surface area contributed by atoms with Crippen molar-refractivity contribution in [1.29, 1.82) is 0 Å². The number of para-hydroxylation sites is 1. The average Bonchev–Trinajstić information content (AvgIpc) is 2.67. The van der Waals surface area contributed by atoms with Gasteiger partial charge in [0.05, 0.1) is 10.9 Å². The normalized spacial score (nSPS) is 12.1. The van der Waals surface area contributed by atoms with Gasteiger partial charge in [0.15, 0.2) is 0 Å². The minimum absolute atomic E-state index is 0.257. The molecule has 0 spiro atoms. The molecule has 0 unspecified atom stereocenters. The lowest BCUT2D eigenvalue weighted by Gasteiger charge is -2.17. The monoisotopic (exact) mass is 383 g/mol. The van der Waals surface area contributed by atoms with E-state index in [1.165, 1.54) is 27.3 Å². The molecule has 1 amide bonds. The second kappa shape index (κ2) is 7.80. The van der Waals surface area contributed by atoms with Gasteiger partial charge in [0.1, 0.15) is 12.4 Å². The van der Waals surface area contributed by atoms with Crippen molar-refractivity contribution < 1.29 is 9.18 Å². The Labute approximate surface area is 161 Å². The Morgan fingerprint density at radius 3 is 2.57 bits per heavy atom. The van der Waals surface area contributed by atoms with Crippen molar-refractivity contribution in [1.82, 2.24) is 9.13 Å². The van der Waals surface area contributed by atoms with Crippen LogP contribution in [0.1, 0.15) is 31.9 Å². The Morgan fingerprint density at radius 2 is 1.89 bits per heavy atom. The number of hydrogen-bond donors (Lipinski definition) is 1. The van der Waals surface area contributed by atoms with E-state index in [4.69, 9.17) is 0 Å². The lowest BCUT2D eigenvalue weighted by Crippen LogP contribution is -2.43. The molecule has 0 aliphatic carbocycles. The number of anilines is 1. The molecule has 3 aromatic rings. The molecular weight excluding hydrogens is 361 g/mol. The van der Waals surface area contributed by atoms with Crippen molar-refractivity contribution in [2.45, 2.75) is 39.8 Å². The average molecular weight is 383 g/mol. The van der Waals surface area contributed by atoms with Gasteiger partial charge in [-0.15, -0.1) is 0 Å². The maximum absolute atomic E-state index is 13.3. The summed E-state index contributed by atoms with van der Waals surface area (Å²) in [6.45, 7) is 5.11. The van der Waals surface area contributed by atoms with Crippen LogP contribution in [0.3, 0.4) is 0 Å². The van der Waals surface area contributed by atoms with Gasteiger partial charge in [0, 0.05) is 11.7 Å². The molecule has 3 rings (SSSR count).